The second-order valence-corrected chi connectivity index (χ2v) is 7.62. The first-order valence-corrected chi connectivity index (χ1v) is 9.58. The Hall–Kier alpha value is -2.27. The molecule has 5 heteroatoms. The fraction of sp³-hybridized carbons (Fsp3) is 0.500. The van der Waals surface area contributed by atoms with Gasteiger partial charge in [0.05, 0.1) is 26.0 Å². The zero-order chi connectivity index (χ0) is 19.3. The standard InChI is InChI=1S/C22H29NO4/c1-16(2)20-13-22(10-12-27-20,18-8-4-5-9-19(18)25-3)14-21(24)23-15-17-7-6-11-26-17/h4-9,11,16,20H,10,12-15H2,1-3H3,(H,23,24)/t20-,22+/m0/s1. The summed E-state index contributed by atoms with van der Waals surface area (Å²) in [6.45, 7) is 5.38. The van der Waals surface area contributed by atoms with Gasteiger partial charge in [-0.2, -0.15) is 0 Å². The summed E-state index contributed by atoms with van der Waals surface area (Å²) in [7, 11) is 1.68. The minimum atomic E-state index is -0.299. The minimum absolute atomic E-state index is 0.0155. The second-order valence-electron chi connectivity index (χ2n) is 7.62. The summed E-state index contributed by atoms with van der Waals surface area (Å²) in [6, 6.07) is 11.7. The van der Waals surface area contributed by atoms with Crippen molar-refractivity contribution in [1.29, 1.82) is 0 Å². The van der Waals surface area contributed by atoms with Crippen LogP contribution in [0.1, 0.15) is 44.4 Å². The lowest BCUT2D eigenvalue weighted by atomic mass is 9.68. The van der Waals surface area contributed by atoms with Crippen molar-refractivity contribution in [1.82, 2.24) is 5.32 Å². The monoisotopic (exact) mass is 371 g/mol. The molecular formula is C22H29NO4. The maximum atomic E-state index is 12.8. The van der Waals surface area contributed by atoms with Crippen LogP contribution in [-0.2, 0) is 21.5 Å². The molecule has 0 unspecified atom stereocenters. The van der Waals surface area contributed by atoms with Crippen molar-refractivity contribution < 1.29 is 18.7 Å². The van der Waals surface area contributed by atoms with Crippen molar-refractivity contribution in [3.05, 3.63) is 54.0 Å². The molecule has 1 aliphatic rings. The lowest BCUT2D eigenvalue weighted by Crippen LogP contribution is -2.44. The zero-order valence-corrected chi connectivity index (χ0v) is 16.4. The van der Waals surface area contributed by atoms with Gasteiger partial charge in [-0.15, -0.1) is 0 Å². The van der Waals surface area contributed by atoms with Crippen LogP contribution in [0.4, 0.5) is 0 Å². The summed E-state index contributed by atoms with van der Waals surface area (Å²) in [5.41, 5.74) is 0.794. The molecule has 0 saturated carbocycles. The summed E-state index contributed by atoms with van der Waals surface area (Å²) in [4.78, 5) is 12.8. The molecule has 2 heterocycles. The van der Waals surface area contributed by atoms with Crippen molar-refractivity contribution in [2.75, 3.05) is 13.7 Å². The average molecular weight is 371 g/mol. The third-order valence-electron chi connectivity index (χ3n) is 5.47. The quantitative estimate of drug-likeness (QED) is 0.797. The molecule has 1 fully saturated rings. The molecule has 2 aromatic rings. The number of benzene rings is 1. The van der Waals surface area contributed by atoms with Crippen LogP contribution in [-0.4, -0.2) is 25.7 Å². The van der Waals surface area contributed by atoms with Gasteiger partial charge >= 0.3 is 0 Å². The Morgan fingerprint density at radius 3 is 2.81 bits per heavy atom. The summed E-state index contributed by atoms with van der Waals surface area (Å²) >= 11 is 0. The van der Waals surface area contributed by atoms with Crippen LogP contribution in [0.3, 0.4) is 0 Å². The highest BCUT2D eigenvalue weighted by atomic mass is 16.5. The Kier molecular flexibility index (Phi) is 6.22. The van der Waals surface area contributed by atoms with Gasteiger partial charge in [0.1, 0.15) is 11.5 Å². The molecular weight excluding hydrogens is 342 g/mol. The van der Waals surface area contributed by atoms with E-state index in [1.165, 1.54) is 0 Å². The van der Waals surface area contributed by atoms with E-state index in [4.69, 9.17) is 13.9 Å². The average Bonchev–Trinajstić information content (AvgIpc) is 3.20. The van der Waals surface area contributed by atoms with E-state index in [1.807, 2.05) is 30.3 Å². The number of para-hydroxylation sites is 1. The van der Waals surface area contributed by atoms with E-state index in [9.17, 15) is 4.79 Å². The molecule has 1 N–H and O–H groups in total. The lowest BCUT2D eigenvalue weighted by Gasteiger charge is -2.43. The van der Waals surface area contributed by atoms with Gasteiger partial charge in [0, 0.05) is 24.0 Å². The van der Waals surface area contributed by atoms with Crippen LogP contribution >= 0.6 is 0 Å². The van der Waals surface area contributed by atoms with E-state index in [0.717, 1.165) is 29.9 Å². The predicted octanol–water partition coefficient (Wildman–Crippen LogP) is 4.07. The first kappa shape index (κ1) is 19.5. The summed E-state index contributed by atoms with van der Waals surface area (Å²) in [5.74, 6) is 2.00. The number of hydrogen-bond acceptors (Lipinski definition) is 4. The van der Waals surface area contributed by atoms with E-state index >= 15 is 0 Å². The maximum absolute atomic E-state index is 12.8. The van der Waals surface area contributed by atoms with Crippen molar-refractivity contribution in [2.45, 2.75) is 51.2 Å². The molecule has 27 heavy (non-hydrogen) atoms. The van der Waals surface area contributed by atoms with E-state index in [-0.39, 0.29) is 17.4 Å². The van der Waals surface area contributed by atoms with Gasteiger partial charge in [0.15, 0.2) is 0 Å². The van der Waals surface area contributed by atoms with E-state index in [2.05, 4.69) is 25.2 Å². The summed E-state index contributed by atoms with van der Waals surface area (Å²) in [5, 5.41) is 2.99. The van der Waals surface area contributed by atoms with Crippen LogP contribution in [0.5, 0.6) is 5.75 Å². The SMILES string of the molecule is COc1ccccc1[C@]1(CC(=O)NCc2ccco2)CCO[C@H](C(C)C)C1. The highest BCUT2D eigenvalue weighted by Gasteiger charge is 2.42. The molecule has 3 rings (SSSR count). The molecule has 1 amide bonds. The van der Waals surface area contributed by atoms with Crippen LogP contribution < -0.4 is 10.1 Å². The van der Waals surface area contributed by atoms with Crippen LogP contribution in [0, 0.1) is 5.92 Å². The molecule has 1 aliphatic heterocycles. The Morgan fingerprint density at radius 1 is 1.30 bits per heavy atom. The fourth-order valence-corrected chi connectivity index (χ4v) is 3.93. The highest BCUT2D eigenvalue weighted by molar-refractivity contribution is 5.78. The van der Waals surface area contributed by atoms with E-state index in [0.29, 0.717) is 25.5 Å². The van der Waals surface area contributed by atoms with Gasteiger partial charge in [-0.3, -0.25) is 4.79 Å². The molecule has 0 spiro atoms. The smallest absolute Gasteiger partial charge is 0.221 e. The predicted molar refractivity (Wildman–Crippen MR) is 104 cm³/mol. The molecule has 5 nitrogen and oxygen atoms in total. The highest BCUT2D eigenvalue weighted by Crippen LogP contribution is 2.45. The Morgan fingerprint density at radius 2 is 2.11 bits per heavy atom. The van der Waals surface area contributed by atoms with Gasteiger partial charge in [0.25, 0.3) is 0 Å². The molecule has 1 aromatic carbocycles. The number of carbonyl (C=O) groups excluding carboxylic acids is 1. The van der Waals surface area contributed by atoms with Crippen LogP contribution in [0.2, 0.25) is 0 Å². The first-order chi connectivity index (χ1) is 13.0. The molecule has 1 aromatic heterocycles. The van der Waals surface area contributed by atoms with Crippen molar-refractivity contribution in [3.8, 4) is 5.75 Å². The molecule has 0 aliphatic carbocycles. The largest absolute Gasteiger partial charge is 0.496 e. The van der Waals surface area contributed by atoms with Gasteiger partial charge in [-0.25, -0.2) is 0 Å². The number of ether oxygens (including phenoxy) is 2. The Balaban J connectivity index is 1.84. The van der Waals surface area contributed by atoms with Crippen LogP contribution in [0.25, 0.3) is 0 Å². The normalized spacial score (nSPS) is 22.6. The summed E-state index contributed by atoms with van der Waals surface area (Å²) in [6.07, 6.45) is 3.75. The lowest BCUT2D eigenvalue weighted by molar-refractivity contribution is -0.125. The number of hydrogen-bond donors (Lipinski definition) is 1. The van der Waals surface area contributed by atoms with Gasteiger partial charge in [-0.1, -0.05) is 32.0 Å². The number of rotatable bonds is 7. The number of methoxy groups -OCH3 is 1. The van der Waals surface area contributed by atoms with Crippen molar-refractivity contribution in [3.63, 3.8) is 0 Å². The number of nitrogens with one attached hydrogen (secondary N) is 1. The topological polar surface area (TPSA) is 60.7 Å². The molecule has 1 saturated heterocycles. The second kappa shape index (κ2) is 8.61. The van der Waals surface area contributed by atoms with Gasteiger partial charge < -0.3 is 19.2 Å². The van der Waals surface area contributed by atoms with Gasteiger partial charge in [0.2, 0.25) is 5.91 Å². The van der Waals surface area contributed by atoms with Crippen molar-refractivity contribution >= 4 is 5.91 Å². The first-order valence-electron chi connectivity index (χ1n) is 9.58. The molecule has 0 radical (unpaired) electrons. The number of amides is 1. The molecule has 146 valence electrons. The van der Waals surface area contributed by atoms with E-state index < -0.39 is 0 Å². The minimum Gasteiger partial charge on any atom is -0.496 e. The van der Waals surface area contributed by atoms with Crippen LogP contribution in [0.15, 0.2) is 47.1 Å². The third-order valence-corrected chi connectivity index (χ3v) is 5.47. The fourth-order valence-electron chi connectivity index (χ4n) is 3.93. The van der Waals surface area contributed by atoms with Crippen molar-refractivity contribution in [2.24, 2.45) is 5.92 Å². The number of furan rings is 1. The number of carbonyl (C=O) groups is 1. The maximum Gasteiger partial charge on any atom is 0.221 e. The zero-order valence-electron chi connectivity index (χ0n) is 16.4. The molecule has 0 bridgehead atoms. The summed E-state index contributed by atoms with van der Waals surface area (Å²) < 4.78 is 16.9. The molecule has 2 atom stereocenters. The van der Waals surface area contributed by atoms with Gasteiger partial charge in [-0.05, 0) is 37.0 Å². The third kappa shape index (κ3) is 4.53. The Labute approximate surface area is 161 Å². The Bertz CT molecular complexity index is 741. The van der Waals surface area contributed by atoms with E-state index in [1.54, 1.807) is 13.4 Å².